The fourth-order valence-electron chi connectivity index (χ4n) is 3.10. The minimum Gasteiger partial charge on any atom is -0.455 e. The molecule has 2 heterocycles. The van der Waals surface area contributed by atoms with Gasteiger partial charge in [0.1, 0.15) is 5.75 Å². The molecule has 1 N–H and O–H groups in total. The molecule has 1 aromatic heterocycles. The third-order valence-electron chi connectivity index (χ3n) is 4.60. The molecule has 1 aliphatic rings. The van der Waals surface area contributed by atoms with E-state index in [9.17, 15) is 9.59 Å². The van der Waals surface area contributed by atoms with E-state index in [0.29, 0.717) is 41.0 Å². The highest BCUT2D eigenvalue weighted by Crippen LogP contribution is 2.30. The summed E-state index contributed by atoms with van der Waals surface area (Å²) >= 11 is 1.39. The van der Waals surface area contributed by atoms with Gasteiger partial charge in [0.25, 0.3) is 0 Å². The SMILES string of the molecule is Cc1ccc(Oc2ccccc2NC(=O)Cc2csc(N3CCCC3=O)n2)cc1. The lowest BCUT2D eigenvalue weighted by atomic mass is 10.2. The van der Waals surface area contributed by atoms with Crippen molar-refractivity contribution in [1.29, 1.82) is 0 Å². The van der Waals surface area contributed by atoms with E-state index in [2.05, 4.69) is 10.3 Å². The number of anilines is 2. The molecule has 3 aromatic rings. The maximum absolute atomic E-state index is 12.5. The average molecular weight is 407 g/mol. The smallest absolute Gasteiger partial charge is 0.230 e. The van der Waals surface area contributed by atoms with Gasteiger partial charge < -0.3 is 10.1 Å². The van der Waals surface area contributed by atoms with Crippen LogP contribution in [0.2, 0.25) is 0 Å². The minimum atomic E-state index is -0.186. The number of aryl methyl sites for hydroxylation is 1. The van der Waals surface area contributed by atoms with Crippen LogP contribution in [0.25, 0.3) is 0 Å². The predicted octanol–water partition coefficient (Wildman–Crippen LogP) is 4.55. The van der Waals surface area contributed by atoms with Crippen LogP contribution in [0, 0.1) is 6.92 Å². The predicted molar refractivity (Wildman–Crippen MR) is 114 cm³/mol. The van der Waals surface area contributed by atoms with Gasteiger partial charge in [0, 0.05) is 18.3 Å². The van der Waals surface area contributed by atoms with E-state index in [-0.39, 0.29) is 18.2 Å². The van der Waals surface area contributed by atoms with Crippen molar-refractivity contribution >= 4 is 34.0 Å². The first-order valence-corrected chi connectivity index (χ1v) is 10.3. The Morgan fingerprint density at radius 1 is 1.21 bits per heavy atom. The van der Waals surface area contributed by atoms with Crippen LogP contribution < -0.4 is 15.0 Å². The van der Waals surface area contributed by atoms with Crippen molar-refractivity contribution in [3.05, 3.63) is 65.2 Å². The van der Waals surface area contributed by atoms with Gasteiger partial charge in [0.2, 0.25) is 11.8 Å². The number of amides is 2. The van der Waals surface area contributed by atoms with E-state index in [0.717, 1.165) is 12.0 Å². The lowest BCUT2D eigenvalue weighted by Crippen LogP contribution is -2.23. The Hall–Kier alpha value is -3.19. The van der Waals surface area contributed by atoms with Gasteiger partial charge in [-0.1, -0.05) is 29.8 Å². The van der Waals surface area contributed by atoms with Gasteiger partial charge >= 0.3 is 0 Å². The van der Waals surface area contributed by atoms with E-state index >= 15 is 0 Å². The second kappa shape index (κ2) is 8.45. The van der Waals surface area contributed by atoms with E-state index in [1.54, 1.807) is 11.0 Å². The van der Waals surface area contributed by atoms with E-state index in [1.165, 1.54) is 11.3 Å². The Labute approximate surface area is 173 Å². The monoisotopic (exact) mass is 407 g/mol. The van der Waals surface area contributed by atoms with Gasteiger partial charge in [-0.25, -0.2) is 4.98 Å². The Kier molecular flexibility index (Phi) is 5.57. The van der Waals surface area contributed by atoms with Crippen molar-refractivity contribution in [1.82, 2.24) is 4.98 Å². The zero-order valence-electron chi connectivity index (χ0n) is 16.1. The molecule has 0 radical (unpaired) electrons. The average Bonchev–Trinajstić information content (AvgIpc) is 3.33. The number of nitrogens with zero attached hydrogens (tertiary/aromatic N) is 2. The number of carbonyl (C=O) groups excluding carboxylic acids is 2. The number of carbonyl (C=O) groups is 2. The highest BCUT2D eigenvalue weighted by molar-refractivity contribution is 7.14. The number of nitrogens with one attached hydrogen (secondary N) is 1. The highest BCUT2D eigenvalue weighted by Gasteiger charge is 2.24. The van der Waals surface area contributed by atoms with Crippen LogP contribution in [-0.2, 0) is 16.0 Å². The molecule has 0 unspecified atom stereocenters. The van der Waals surface area contributed by atoms with Gasteiger partial charge in [-0.3, -0.25) is 14.5 Å². The zero-order valence-corrected chi connectivity index (χ0v) is 16.9. The molecular formula is C22H21N3O3S. The Bertz CT molecular complexity index is 1030. The molecule has 0 atom stereocenters. The largest absolute Gasteiger partial charge is 0.455 e. The summed E-state index contributed by atoms with van der Waals surface area (Å²) in [6.45, 7) is 2.71. The van der Waals surface area contributed by atoms with Gasteiger partial charge in [-0.15, -0.1) is 11.3 Å². The fraction of sp³-hybridized carbons (Fsp3) is 0.227. The zero-order chi connectivity index (χ0) is 20.2. The molecule has 0 bridgehead atoms. The van der Waals surface area contributed by atoms with E-state index in [1.807, 2.05) is 54.8 Å². The maximum Gasteiger partial charge on any atom is 0.230 e. The maximum atomic E-state index is 12.5. The number of para-hydroxylation sites is 2. The van der Waals surface area contributed by atoms with Crippen LogP contribution in [0.4, 0.5) is 10.8 Å². The molecule has 0 saturated carbocycles. The molecule has 148 valence electrons. The first-order chi connectivity index (χ1) is 14.1. The number of thiazole rings is 1. The molecule has 0 aliphatic carbocycles. The number of aromatic nitrogens is 1. The first-order valence-electron chi connectivity index (χ1n) is 9.47. The first kappa shape index (κ1) is 19.1. The van der Waals surface area contributed by atoms with E-state index < -0.39 is 0 Å². The van der Waals surface area contributed by atoms with Crippen LogP contribution in [0.1, 0.15) is 24.1 Å². The van der Waals surface area contributed by atoms with Crippen LogP contribution in [0.3, 0.4) is 0 Å². The van der Waals surface area contributed by atoms with Gasteiger partial charge in [-0.2, -0.15) is 0 Å². The fourth-order valence-corrected chi connectivity index (χ4v) is 3.97. The van der Waals surface area contributed by atoms with E-state index in [4.69, 9.17) is 4.74 Å². The summed E-state index contributed by atoms with van der Waals surface area (Å²) in [6.07, 6.45) is 1.55. The molecule has 1 saturated heterocycles. The summed E-state index contributed by atoms with van der Waals surface area (Å²) in [5, 5.41) is 5.39. The molecule has 29 heavy (non-hydrogen) atoms. The molecule has 4 rings (SSSR count). The lowest BCUT2D eigenvalue weighted by Gasteiger charge is -2.12. The summed E-state index contributed by atoms with van der Waals surface area (Å²) in [5.74, 6) is 1.19. The molecule has 7 heteroatoms. The Morgan fingerprint density at radius 3 is 2.76 bits per heavy atom. The van der Waals surface area contributed by atoms with Crippen molar-refractivity contribution in [3.8, 4) is 11.5 Å². The molecule has 2 amide bonds. The molecular weight excluding hydrogens is 386 g/mol. The summed E-state index contributed by atoms with van der Waals surface area (Å²) in [4.78, 5) is 30.5. The minimum absolute atomic E-state index is 0.0949. The quantitative estimate of drug-likeness (QED) is 0.651. The van der Waals surface area contributed by atoms with Crippen LogP contribution >= 0.6 is 11.3 Å². The summed E-state index contributed by atoms with van der Waals surface area (Å²) in [5.41, 5.74) is 2.40. The normalized spacial score (nSPS) is 13.6. The molecule has 2 aromatic carbocycles. The number of benzene rings is 2. The standard InChI is InChI=1S/C22H21N3O3S/c1-15-8-10-17(11-9-15)28-19-6-3-2-5-18(19)24-20(26)13-16-14-29-22(23-16)25-12-4-7-21(25)27/h2-3,5-6,8-11,14H,4,7,12-13H2,1H3,(H,24,26). The number of rotatable bonds is 6. The molecule has 6 nitrogen and oxygen atoms in total. The van der Waals surface area contributed by atoms with Gasteiger partial charge in [0.15, 0.2) is 10.9 Å². The molecule has 1 fully saturated rings. The van der Waals surface area contributed by atoms with Crippen LogP contribution in [-0.4, -0.2) is 23.3 Å². The second-order valence-electron chi connectivity index (χ2n) is 6.91. The van der Waals surface area contributed by atoms with Gasteiger partial charge in [-0.05, 0) is 37.6 Å². The number of ether oxygens (including phenoxy) is 1. The van der Waals surface area contributed by atoms with Crippen molar-refractivity contribution in [3.63, 3.8) is 0 Å². The van der Waals surface area contributed by atoms with Crippen LogP contribution in [0.15, 0.2) is 53.9 Å². The number of hydrogen-bond donors (Lipinski definition) is 1. The third-order valence-corrected chi connectivity index (χ3v) is 5.51. The van der Waals surface area contributed by atoms with Crippen molar-refractivity contribution in [2.24, 2.45) is 0 Å². The highest BCUT2D eigenvalue weighted by atomic mass is 32.1. The van der Waals surface area contributed by atoms with Crippen molar-refractivity contribution < 1.29 is 14.3 Å². The number of hydrogen-bond acceptors (Lipinski definition) is 5. The second-order valence-corrected chi connectivity index (χ2v) is 7.74. The summed E-state index contributed by atoms with van der Waals surface area (Å²) < 4.78 is 5.93. The van der Waals surface area contributed by atoms with Crippen molar-refractivity contribution in [2.45, 2.75) is 26.2 Å². The topological polar surface area (TPSA) is 71.5 Å². The Morgan fingerprint density at radius 2 is 2.00 bits per heavy atom. The van der Waals surface area contributed by atoms with Crippen LogP contribution in [0.5, 0.6) is 11.5 Å². The summed E-state index contributed by atoms with van der Waals surface area (Å²) in [7, 11) is 0. The van der Waals surface area contributed by atoms with Gasteiger partial charge in [0.05, 0.1) is 17.8 Å². The molecule has 1 aliphatic heterocycles. The summed E-state index contributed by atoms with van der Waals surface area (Å²) in [6, 6.07) is 15.1. The third kappa shape index (κ3) is 4.63. The van der Waals surface area contributed by atoms with Crippen molar-refractivity contribution in [2.75, 3.05) is 16.8 Å². The molecule has 0 spiro atoms. The lowest BCUT2D eigenvalue weighted by molar-refractivity contribution is -0.117. The Balaban J connectivity index is 1.42.